The number of benzene rings is 1. The summed E-state index contributed by atoms with van der Waals surface area (Å²) in [5, 5.41) is 3.65. The molecule has 0 aliphatic heterocycles. The van der Waals surface area contributed by atoms with Gasteiger partial charge in [-0.2, -0.15) is 5.10 Å². The van der Waals surface area contributed by atoms with Crippen LogP contribution in [0.25, 0.3) is 0 Å². The molecule has 1 rings (SSSR count). The second-order valence-electron chi connectivity index (χ2n) is 2.13. The maximum atomic E-state index is 12.5. The van der Waals surface area contributed by atoms with Gasteiger partial charge in [-0.25, -0.2) is 8.78 Å². The third-order valence-corrected chi connectivity index (χ3v) is 1.24. The molecule has 0 amide bonds. The fourth-order valence-electron chi connectivity index (χ4n) is 0.705. The van der Waals surface area contributed by atoms with Gasteiger partial charge in [-0.1, -0.05) is 0 Å². The molecule has 1 N–H and O–H groups in total. The van der Waals surface area contributed by atoms with Crippen molar-refractivity contribution in [3.05, 3.63) is 29.8 Å². The zero-order chi connectivity index (χ0) is 8.97. The standard InChI is InChI=1S/C8H8F2N2/c1-2-11-12-6-3-4-7(9)8(10)5-6/h2-5,12H,1H3/b11-2+. The second kappa shape index (κ2) is 3.80. The van der Waals surface area contributed by atoms with Crippen molar-refractivity contribution in [3.63, 3.8) is 0 Å². The minimum atomic E-state index is -0.883. The summed E-state index contributed by atoms with van der Waals surface area (Å²) in [5.74, 6) is -1.74. The summed E-state index contributed by atoms with van der Waals surface area (Å²) in [4.78, 5) is 0. The second-order valence-corrected chi connectivity index (χ2v) is 2.13. The van der Waals surface area contributed by atoms with E-state index in [0.717, 1.165) is 12.1 Å². The van der Waals surface area contributed by atoms with Crippen LogP contribution in [-0.4, -0.2) is 6.21 Å². The summed E-state index contributed by atoms with van der Waals surface area (Å²) >= 11 is 0. The first kappa shape index (κ1) is 8.64. The van der Waals surface area contributed by atoms with Gasteiger partial charge in [0.25, 0.3) is 0 Å². The number of hydrazone groups is 1. The van der Waals surface area contributed by atoms with E-state index in [1.54, 1.807) is 6.92 Å². The highest BCUT2D eigenvalue weighted by atomic mass is 19.2. The number of nitrogens with one attached hydrogen (secondary N) is 1. The van der Waals surface area contributed by atoms with E-state index in [2.05, 4.69) is 10.5 Å². The van der Waals surface area contributed by atoms with Crippen molar-refractivity contribution in [2.75, 3.05) is 5.43 Å². The molecule has 0 spiro atoms. The molecule has 64 valence electrons. The molecular formula is C8H8F2N2. The van der Waals surface area contributed by atoms with Gasteiger partial charge in [-0.05, 0) is 19.1 Å². The Morgan fingerprint density at radius 3 is 2.67 bits per heavy atom. The van der Waals surface area contributed by atoms with Gasteiger partial charge in [0, 0.05) is 12.3 Å². The van der Waals surface area contributed by atoms with Crippen molar-refractivity contribution in [1.29, 1.82) is 0 Å². The molecule has 0 heterocycles. The Hall–Kier alpha value is -1.45. The van der Waals surface area contributed by atoms with Crippen LogP contribution in [0.2, 0.25) is 0 Å². The molecule has 0 bridgehead atoms. The van der Waals surface area contributed by atoms with Gasteiger partial charge in [0.2, 0.25) is 0 Å². The minimum absolute atomic E-state index is 0.423. The van der Waals surface area contributed by atoms with Crippen molar-refractivity contribution in [2.45, 2.75) is 6.92 Å². The first-order chi connectivity index (χ1) is 5.74. The first-order valence-corrected chi connectivity index (χ1v) is 3.43. The molecule has 4 heteroatoms. The van der Waals surface area contributed by atoms with E-state index in [4.69, 9.17) is 0 Å². The predicted octanol–water partition coefficient (Wildman–Crippen LogP) is 2.38. The van der Waals surface area contributed by atoms with Crippen molar-refractivity contribution < 1.29 is 8.78 Å². The summed E-state index contributed by atoms with van der Waals surface area (Å²) in [6, 6.07) is 3.50. The smallest absolute Gasteiger partial charge is 0.160 e. The van der Waals surface area contributed by atoms with Crippen LogP contribution in [0.5, 0.6) is 0 Å². The van der Waals surface area contributed by atoms with Crippen LogP contribution < -0.4 is 5.43 Å². The van der Waals surface area contributed by atoms with Crippen LogP contribution in [0.1, 0.15) is 6.92 Å². The van der Waals surface area contributed by atoms with Crippen LogP contribution in [-0.2, 0) is 0 Å². The van der Waals surface area contributed by atoms with Gasteiger partial charge >= 0.3 is 0 Å². The van der Waals surface area contributed by atoms with Crippen molar-refractivity contribution in [1.82, 2.24) is 0 Å². The lowest BCUT2D eigenvalue weighted by Gasteiger charge is -1.99. The topological polar surface area (TPSA) is 24.4 Å². The molecule has 1 aromatic rings. The molecule has 0 saturated heterocycles. The highest BCUT2D eigenvalue weighted by Crippen LogP contribution is 2.12. The van der Waals surface area contributed by atoms with Gasteiger partial charge in [-0.3, -0.25) is 5.43 Å². The monoisotopic (exact) mass is 170 g/mol. The normalized spacial score (nSPS) is 10.6. The van der Waals surface area contributed by atoms with E-state index in [9.17, 15) is 8.78 Å². The molecule has 12 heavy (non-hydrogen) atoms. The Bertz CT molecular complexity index is 297. The lowest BCUT2D eigenvalue weighted by Crippen LogP contribution is -1.90. The summed E-state index contributed by atoms with van der Waals surface area (Å²) in [6.45, 7) is 1.72. The Morgan fingerprint density at radius 1 is 1.33 bits per heavy atom. The molecule has 0 saturated carbocycles. The quantitative estimate of drug-likeness (QED) is 0.534. The van der Waals surface area contributed by atoms with E-state index in [1.165, 1.54) is 12.3 Å². The number of rotatable bonds is 2. The molecule has 0 aliphatic rings. The fraction of sp³-hybridized carbons (Fsp3) is 0.125. The average Bonchev–Trinajstić information content (AvgIpc) is 2.07. The summed E-state index contributed by atoms with van der Waals surface area (Å²) in [7, 11) is 0. The van der Waals surface area contributed by atoms with Gasteiger partial charge in [-0.15, -0.1) is 0 Å². The SMILES string of the molecule is C/C=N/Nc1ccc(F)c(F)c1. The van der Waals surface area contributed by atoms with Crippen molar-refractivity contribution in [3.8, 4) is 0 Å². The van der Waals surface area contributed by atoms with Gasteiger partial charge in [0.15, 0.2) is 11.6 Å². The van der Waals surface area contributed by atoms with Crippen LogP contribution in [0.15, 0.2) is 23.3 Å². The predicted molar refractivity (Wildman–Crippen MR) is 44.1 cm³/mol. The van der Waals surface area contributed by atoms with Crippen molar-refractivity contribution >= 4 is 11.9 Å². The van der Waals surface area contributed by atoms with E-state index in [0.29, 0.717) is 5.69 Å². The molecule has 0 unspecified atom stereocenters. The average molecular weight is 170 g/mol. The zero-order valence-corrected chi connectivity index (χ0v) is 6.51. The van der Waals surface area contributed by atoms with E-state index >= 15 is 0 Å². The number of halogens is 2. The Labute approximate surface area is 68.9 Å². The molecule has 0 radical (unpaired) electrons. The van der Waals surface area contributed by atoms with Gasteiger partial charge in [0.05, 0.1) is 5.69 Å². The zero-order valence-electron chi connectivity index (χ0n) is 6.51. The molecule has 0 aliphatic carbocycles. The molecular weight excluding hydrogens is 162 g/mol. The summed E-state index contributed by atoms with van der Waals surface area (Å²) in [6.07, 6.45) is 1.52. The Morgan fingerprint density at radius 2 is 2.08 bits per heavy atom. The van der Waals surface area contributed by atoms with Crippen LogP contribution in [0.3, 0.4) is 0 Å². The van der Waals surface area contributed by atoms with Gasteiger partial charge < -0.3 is 0 Å². The fourth-order valence-corrected chi connectivity index (χ4v) is 0.705. The van der Waals surface area contributed by atoms with Crippen molar-refractivity contribution in [2.24, 2.45) is 5.10 Å². The molecule has 1 aromatic carbocycles. The van der Waals surface area contributed by atoms with Crippen LogP contribution in [0, 0.1) is 11.6 Å². The highest BCUT2D eigenvalue weighted by Gasteiger charge is 2.00. The summed E-state index contributed by atoms with van der Waals surface area (Å²) < 4.78 is 24.9. The molecule has 2 nitrogen and oxygen atoms in total. The largest absolute Gasteiger partial charge is 0.279 e. The highest BCUT2D eigenvalue weighted by molar-refractivity contribution is 5.56. The first-order valence-electron chi connectivity index (χ1n) is 3.43. The third-order valence-electron chi connectivity index (χ3n) is 1.24. The number of hydrogen-bond acceptors (Lipinski definition) is 2. The minimum Gasteiger partial charge on any atom is -0.279 e. The van der Waals surface area contributed by atoms with E-state index < -0.39 is 11.6 Å². The van der Waals surface area contributed by atoms with Crippen LogP contribution >= 0.6 is 0 Å². The van der Waals surface area contributed by atoms with Crippen LogP contribution in [0.4, 0.5) is 14.5 Å². The number of anilines is 1. The maximum Gasteiger partial charge on any atom is 0.160 e. The Kier molecular flexibility index (Phi) is 2.74. The molecule has 0 aromatic heterocycles. The Balaban J connectivity index is 2.82. The lowest BCUT2D eigenvalue weighted by molar-refractivity contribution is 0.509. The summed E-state index contributed by atoms with van der Waals surface area (Å²) in [5.41, 5.74) is 2.95. The number of nitrogens with zero attached hydrogens (tertiary/aromatic N) is 1. The lowest BCUT2D eigenvalue weighted by atomic mass is 10.3. The third kappa shape index (κ3) is 2.02. The molecule has 0 atom stereocenters. The molecule has 0 fully saturated rings. The maximum absolute atomic E-state index is 12.5. The van der Waals surface area contributed by atoms with Gasteiger partial charge in [0.1, 0.15) is 0 Å². The van der Waals surface area contributed by atoms with E-state index in [-0.39, 0.29) is 0 Å². The van der Waals surface area contributed by atoms with E-state index in [1.807, 2.05) is 0 Å². The number of hydrogen-bond donors (Lipinski definition) is 1.